The molecule has 1 aromatic heterocycles. The van der Waals surface area contributed by atoms with E-state index in [0.717, 1.165) is 5.56 Å². The molecule has 3 aromatic rings. The van der Waals surface area contributed by atoms with E-state index < -0.39 is 11.6 Å². The van der Waals surface area contributed by atoms with Crippen LogP contribution in [0.25, 0.3) is 0 Å². The first kappa shape index (κ1) is 20.8. The summed E-state index contributed by atoms with van der Waals surface area (Å²) in [5.41, 5.74) is 0.137. The van der Waals surface area contributed by atoms with Crippen molar-refractivity contribution in [1.29, 1.82) is 0 Å². The maximum absolute atomic E-state index is 13.8. The fourth-order valence-electron chi connectivity index (χ4n) is 4.73. The van der Waals surface area contributed by atoms with E-state index in [4.69, 9.17) is 9.15 Å². The maximum Gasteiger partial charge on any atom is 0.267 e. The molecule has 8 heteroatoms. The van der Waals surface area contributed by atoms with Crippen molar-refractivity contribution in [3.8, 4) is 5.75 Å². The van der Waals surface area contributed by atoms with Crippen LogP contribution >= 0.6 is 0 Å². The van der Waals surface area contributed by atoms with Gasteiger partial charge in [0.05, 0.1) is 31.2 Å². The van der Waals surface area contributed by atoms with Crippen molar-refractivity contribution < 1.29 is 23.5 Å². The predicted octanol–water partition coefficient (Wildman–Crippen LogP) is 3.08. The molecule has 1 unspecified atom stereocenters. The van der Waals surface area contributed by atoms with Gasteiger partial charge in [0, 0.05) is 24.9 Å². The highest BCUT2D eigenvalue weighted by Gasteiger charge is 2.60. The van der Waals surface area contributed by atoms with Crippen LogP contribution in [0.5, 0.6) is 5.75 Å². The molecular weight excluding hydrogens is 422 g/mol. The van der Waals surface area contributed by atoms with Crippen LogP contribution in [0.4, 0.5) is 5.69 Å². The molecule has 168 valence electrons. The molecular formula is C25H23N3O5. The van der Waals surface area contributed by atoms with Crippen LogP contribution in [0.15, 0.2) is 71.3 Å². The van der Waals surface area contributed by atoms with E-state index in [1.807, 2.05) is 24.3 Å². The van der Waals surface area contributed by atoms with E-state index in [2.05, 4.69) is 5.32 Å². The molecule has 0 radical (unpaired) electrons. The lowest BCUT2D eigenvalue weighted by atomic mass is 9.95. The highest BCUT2D eigenvalue weighted by molar-refractivity contribution is 6.16. The first-order chi connectivity index (χ1) is 16.1. The minimum absolute atomic E-state index is 0.0615. The van der Waals surface area contributed by atoms with E-state index in [0.29, 0.717) is 22.8 Å². The topological polar surface area (TPSA) is 92.1 Å². The highest BCUT2D eigenvalue weighted by atomic mass is 16.5. The van der Waals surface area contributed by atoms with Crippen LogP contribution in [0.1, 0.15) is 34.5 Å². The number of anilines is 1. The van der Waals surface area contributed by atoms with Gasteiger partial charge in [0.25, 0.3) is 11.8 Å². The number of rotatable bonds is 6. The normalized spacial score (nSPS) is 19.3. The lowest BCUT2D eigenvalue weighted by molar-refractivity contribution is -0.134. The van der Waals surface area contributed by atoms with Crippen molar-refractivity contribution in [1.82, 2.24) is 10.2 Å². The summed E-state index contributed by atoms with van der Waals surface area (Å²) in [5.74, 6) is 0.229. The van der Waals surface area contributed by atoms with Gasteiger partial charge in [-0.1, -0.05) is 30.3 Å². The fraction of sp³-hybridized carbons (Fsp3) is 0.240. The summed E-state index contributed by atoms with van der Waals surface area (Å²) in [7, 11) is 1.57. The van der Waals surface area contributed by atoms with Crippen LogP contribution < -0.4 is 15.0 Å². The Morgan fingerprint density at radius 1 is 1.09 bits per heavy atom. The van der Waals surface area contributed by atoms with Crippen molar-refractivity contribution >= 4 is 23.4 Å². The number of nitrogens with one attached hydrogen (secondary N) is 1. The van der Waals surface area contributed by atoms with Crippen molar-refractivity contribution in [3.05, 3.63) is 83.8 Å². The van der Waals surface area contributed by atoms with Gasteiger partial charge in [-0.25, -0.2) is 0 Å². The lowest BCUT2D eigenvalue weighted by Crippen LogP contribution is -2.70. The van der Waals surface area contributed by atoms with Crippen molar-refractivity contribution in [2.75, 3.05) is 12.0 Å². The zero-order valence-electron chi connectivity index (χ0n) is 18.1. The summed E-state index contributed by atoms with van der Waals surface area (Å²) in [6.07, 6.45) is 1.85. The van der Waals surface area contributed by atoms with E-state index in [1.54, 1.807) is 43.5 Å². The molecule has 3 amide bonds. The SMILES string of the molecule is COc1ccccc1CNC(=O)C12CCC(=O)N1c1ccccc1C(=O)N2Cc1ccco1. The third-order valence-corrected chi connectivity index (χ3v) is 6.26. The summed E-state index contributed by atoms with van der Waals surface area (Å²) in [5, 5.41) is 2.95. The van der Waals surface area contributed by atoms with E-state index >= 15 is 0 Å². The fourth-order valence-corrected chi connectivity index (χ4v) is 4.73. The van der Waals surface area contributed by atoms with Gasteiger partial charge in [-0.05, 0) is 30.3 Å². The molecule has 0 saturated carbocycles. The number of amides is 3. The summed E-state index contributed by atoms with van der Waals surface area (Å²) in [6, 6.07) is 17.7. The lowest BCUT2D eigenvalue weighted by Gasteiger charge is -2.48. The number of carbonyl (C=O) groups excluding carboxylic acids is 3. The molecule has 1 N–H and O–H groups in total. The summed E-state index contributed by atoms with van der Waals surface area (Å²) in [4.78, 5) is 43.5. The van der Waals surface area contributed by atoms with Gasteiger partial charge in [-0.3, -0.25) is 24.2 Å². The highest BCUT2D eigenvalue weighted by Crippen LogP contribution is 2.45. The second-order valence-corrected chi connectivity index (χ2v) is 8.03. The van der Waals surface area contributed by atoms with Crippen LogP contribution in [-0.2, 0) is 22.7 Å². The first-order valence-electron chi connectivity index (χ1n) is 10.7. The summed E-state index contributed by atoms with van der Waals surface area (Å²) >= 11 is 0. The van der Waals surface area contributed by atoms with Gasteiger partial charge in [0.15, 0.2) is 0 Å². The molecule has 1 fully saturated rings. The number of hydrogen-bond donors (Lipinski definition) is 1. The Balaban J connectivity index is 1.57. The Hall–Kier alpha value is -4.07. The van der Waals surface area contributed by atoms with E-state index in [1.165, 1.54) is 16.1 Å². The molecule has 0 bridgehead atoms. The zero-order valence-corrected chi connectivity index (χ0v) is 18.1. The van der Waals surface area contributed by atoms with Crippen molar-refractivity contribution in [2.24, 2.45) is 0 Å². The number of methoxy groups -OCH3 is 1. The van der Waals surface area contributed by atoms with Crippen LogP contribution in [0.2, 0.25) is 0 Å². The minimum atomic E-state index is -1.49. The third-order valence-electron chi connectivity index (χ3n) is 6.26. The van der Waals surface area contributed by atoms with E-state index in [9.17, 15) is 14.4 Å². The van der Waals surface area contributed by atoms with Gasteiger partial charge in [0.1, 0.15) is 11.5 Å². The molecule has 5 rings (SSSR count). The molecule has 8 nitrogen and oxygen atoms in total. The van der Waals surface area contributed by atoms with Gasteiger partial charge in [0.2, 0.25) is 11.6 Å². The first-order valence-corrected chi connectivity index (χ1v) is 10.7. The number of fused-ring (bicyclic) bond motifs is 3. The third kappa shape index (κ3) is 3.26. The Morgan fingerprint density at radius 2 is 1.88 bits per heavy atom. The number of furan rings is 1. The zero-order chi connectivity index (χ0) is 23.0. The van der Waals surface area contributed by atoms with Gasteiger partial charge in [-0.2, -0.15) is 0 Å². The maximum atomic E-state index is 13.8. The number of nitrogens with zero attached hydrogens (tertiary/aromatic N) is 2. The Bertz CT molecular complexity index is 1220. The summed E-state index contributed by atoms with van der Waals surface area (Å²) < 4.78 is 10.9. The summed E-state index contributed by atoms with van der Waals surface area (Å²) in [6.45, 7) is 0.253. The average molecular weight is 445 g/mol. The number of hydrogen-bond acceptors (Lipinski definition) is 5. The molecule has 3 heterocycles. The number of ether oxygens (including phenoxy) is 1. The number of carbonyl (C=O) groups is 3. The predicted molar refractivity (Wildman–Crippen MR) is 119 cm³/mol. The van der Waals surface area contributed by atoms with Gasteiger partial charge >= 0.3 is 0 Å². The molecule has 1 saturated heterocycles. The molecule has 0 spiro atoms. The number of para-hydroxylation sites is 2. The van der Waals surface area contributed by atoms with Crippen LogP contribution in [0.3, 0.4) is 0 Å². The Morgan fingerprint density at radius 3 is 2.67 bits per heavy atom. The number of benzene rings is 2. The standard InChI is InChI=1S/C25H23N3O5/c1-32-21-11-5-2-7-17(21)15-26-24(31)25-13-12-22(29)28(25)20-10-4-3-9-19(20)23(30)27(25)16-18-8-6-14-33-18/h2-11,14H,12-13,15-16H2,1H3,(H,26,31). The second kappa shape index (κ2) is 8.12. The molecule has 2 aliphatic heterocycles. The smallest absolute Gasteiger partial charge is 0.267 e. The van der Waals surface area contributed by atoms with Gasteiger partial charge < -0.3 is 14.5 Å². The average Bonchev–Trinajstić information content (AvgIpc) is 3.48. The molecule has 2 aromatic carbocycles. The molecule has 0 aliphatic carbocycles. The minimum Gasteiger partial charge on any atom is -0.496 e. The van der Waals surface area contributed by atoms with E-state index in [-0.39, 0.29) is 37.7 Å². The molecule has 2 aliphatic rings. The van der Waals surface area contributed by atoms with Crippen LogP contribution in [-0.4, -0.2) is 35.4 Å². The molecule has 1 atom stereocenters. The van der Waals surface area contributed by atoms with Crippen molar-refractivity contribution in [2.45, 2.75) is 31.6 Å². The van der Waals surface area contributed by atoms with Gasteiger partial charge in [-0.15, -0.1) is 0 Å². The quantitative estimate of drug-likeness (QED) is 0.630. The Labute approximate surface area is 190 Å². The monoisotopic (exact) mass is 445 g/mol. The molecule has 33 heavy (non-hydrogen) atoms. The van der Waals surface area contributed by atoms with Crippen molar-refractivity contribution in [3.63, 3.8) is 0 Å². The second-order valence-electron chi connectivity index (χ2n) is 8.03. The largest absolute Gasteiger partial charge is 0.496 e. The Kier molecular flexibility index (Phi) is 5.12. The van der Waals surface area contributed by atoms with Crippen LogP contribution in [0, 0.1) is 0 Å².